The predicted molar refractivity (Wildman–Crippen MR) is 104 cm³/mol. The Morgan fingerprint density at radius 2 is 1.56 bits per heavy atom. The molecule has 27 heavy (non-hydrogen) atoms. The van der Waals surface area contributed by atoms with E-state index in [0.29, 0.717) is 26.2 Å². The van der Waals surface area contributed by atoms with Crippen LogP contribution in [0.2, 0.25) is 0 Å². The second kappa shape index (κ2) is 7.80. The van der Waals surface area contributed by atoms with E-state index in [-0.39, 0.29) is 16.9 Å². The summed E-state index contributed by atoms with van der Waals surface area (Å²) in [7, 11) is -3.55. The maximum atomic E-state index is 12.9. The zero-order chi connectivity index (χ0) is 19.7. The van der Waals surface area contributed by atoms with Gasteiger partial charge in [-0.2, -0.15) is 4.31 Å². The number of rotatable bonds is 4. The molecule has 3 rings (SSSR count). The third-order valence-electron chi connectivity index (χ3n) is 5.23. The topological polar surface area (TPSA) is 66.9 Å². The lowest BCUT2D eigenvalue weighted by molar-refractivity contribution is -0.140. The Morgan fingerprint density at radius 3 is 2.07 bits per heavy atom. The average molecular weight is 395 g/mol. The normalized spacial score (nSPS) is 20.0. The molecular formula is C20H30N2O4S. The molecule has 1 heterocycles. The maximum Gasteiger partial charge on any atom is 0.243 e. The molecule has 1 saturated heterocycles. The van der Waals surface area contributed by atoms with Crippen molar-refractivity contribution in [1.82, 2.24) is 9.21 Å². The first-order valence-corrected chi connectivity index (χ1v) is 11.2. The lowest BCUT2D eigenvalue weighted by atomic mass is 9.94. The van der Waals surface area contributed by atoms with E-state index < -0.39 is 15.4 Å². The Labute approximate surface area is 162 Å². The Hall–Kier alpha value is -1.60. The van der Waals surface area contributed by atoms with Gasteiger partial charge in [-0.25, -0.2) is 8.42 Å². The molecule has 0 atom stereocenters. The van der Waals surface area contributed by atoms with E-state index in [9.17, 15) is 13.2 Å². The molecule has 7 heteroatoms. The van der Waals surface area contributed by atoms with Crippen LogP contribution >= 0.6 is 0 Å². The van der Waals surface area contributed by atoms with Crippen molar-refractivity contribution in [3.05, 3.63) is 24.3 Å². The van der Waals surface area contributed by atoms with E-state index in [1.807, 2.05) is 20.8 Å². The van der Waals surface area contributed by atoms with Crippen LogP contribution in [-0.4, -0.2) is 55.8 Å². The number of hydrogen-bond acceptors (Lipinski definition) is 4. The Balaban J connectivity index is 1.62. The fraction of sp³-hybridized carbons (Fsp3) is 0.650. The van der Waals surface area contributed by atoms with E-state index >= 15 is 0 Å². The molecule has 0 unspecified atom stereocenters. The van der Waals surface area contributed by atoms with Gasteiger partial charge < -0.3 is 9.64 Å². The number of amides is 1. The number of carbonyl (C=O) groups excluding carboxylic acids is 1. The number of hydrogen-bond donors (Lipinski definition) is 0. The minimum atomic E-state index is -3.55. The third-order valence-corrected chi connectivity index (χ3v) is 7.15. The standard InChI is InChI=1S/C20H30N2O4S/c1-20(2,3)19(23)21-12-14-22(15-13-21)27(24,25)18-10-8-17(9-11-18)26-16-6-4-5-7-16/h8-11,16H,4-7,12-15H2,1-3H3. The van der Waals surface area contributed by atoms with Gasteiger partial charge >= 0.3 is 0 Å². The lowest BCUT2D eigenvalue weighted by Gasteiger charge is -2.37. The molecule has 1 aromatic carbocycles. The van der Waals surface area contributed by atoms with Crippen molar-refractivity contribution in [2.45, 2.75) is 57.5 Å². The van der Waals surface area contributed by atoms with Gasteiger partial charge in [0.05, 0.1) is 11.0 Å². The fourth-order valence-electron chi connectivity index (χ4n) is 3.64. The lowest BCUT2D eigenvalue weighted by Crippen LogP contribution is -2.52. The molecule has 1 saturated carbocycles. The molecule has 0 radical (unpaired) electrons. The molecule has 0 bridgehead atoms. The van der Waals surface area contributed by atoms with E-state index in [0.717, 1.165) is 18.6 Å². The van der Waals surface area contributed by atoms with Gasteiger partial charge in [-0.05, 0) is 49.9 Å². The van der Waals surface area contributed by atoms with Crippen molar-refractivity contribution in [3.63, 3.8) is 0 Å². The van der Waals surface area contributed by atoms with Gasteiger partial charge in [-0.1, -0.05) is 20.8 Å². The summed E-state index contributed by atoms with van der Waals surface area (Å²) in [4.78, 5) is 14.4. The first-order valence-electron chi connectivity index (χ1n) is 9.74. The minimum Gasteiger partial charge on any atom is -0.490 e. The highest BCUT2D eigenvalue weighted by molar-refractivity contribution is 7.89. The van der Waals surface area contributed by atoms with Gasteiger partial charge in [0.15, 0.2) is 0 Å². The number of carbonyl (C=O) groups is 1. The molecule has 0 N–H and O–H groups in total. The molecule has 2 aliphatic rings. The summed E-state index contributed by atoms with van der Waals surface area (Å²) in [5.74, 6) is 0.786. The molecule has 1 aromatic rings. The monoisotopic (exact) mass is 394 g/mol. The molecule has 150 valence electrons. The molecule has 0 spiro atoms. The second-order valence-electron chi connectivity index (χ2n) is 8.44. The van der Waals surface area contributed by atoms with Crippen LogP contribution in [0.4, 0.5) is 0 Å². The molecule has 1 amide bonds. The summed E-state index contributed by atoms with van der Waals surface area (Å²) in [6.07, 6.45) is 4.78. The molecule has 0 aromatic heterocycles. The number of ether oxygens (including phenoxy) is 1. The van der Waals surface area contributed by atoms with Crippen molar-refractivity contribution in [3.8, 4) is 5.75 Å². The summed E-state index contributed by atoms with van der Waals surface area (Å²) in [6.45, 7) is 7.15. The third kappa shape index (κ3) is 4.63. The Bertz CT molecular complexity index is 754. The highest BCUT2D eigenvalue weighted by atomic mass is 32.2. The van der Waals surface area contributed by atoms with Crippen LogP contribution in [0, 0.1) is 5.41 Å². The molecule has 1 aliphatic carbocycles. The molecule has 6 nitrogen and oxygen atoms in total. The van der Waals surface area contributed by atoms with Crippen LogP contribution in [0.1, 0.15) is 46.5 Å². The number of sulfonamides is 1. The minimum absolute atomic E-state index is 0.0629. The summed E-state index contributed by atoms with van der Waals surface area (Å²) in [6, 6.07) is 6.72. The highest BCUT2D eigenvalue weighted by Gasteiger charge is 2.33. The van der Waals surface area contributed by atoms with Gasteiger partial charge in [0.2, 0.25) is 15.9 Å². The second-order valence-corrected chi connectivity index (χ2v) is 10.4. The molecule has 2 fully saturated rings. The zero-order valence-corrected chi connectivity index (χ0v) is 17.3. The maximum absolute atomic E-state index is 12.9. The van der Waals surface area contributed by atoms with E-state index in [4.69, 9.17) is 4.74 Å². The van der Waals surface area contributed by atoms with Crippen molar-refractivity contribution in [2.75, 3.05) is 26.2 Å². The summed E-state index contributed by atoms with van der Waals surface area (Å²) in [5, 5.41) is 0. The smallest absolute Gasteiger partial charge is 0.243 e. The first-order chi connectivity index (χ1) is 12.7. The van der Waals surface area contributed by atoms with Gasteiger partial charge in [0.1, 0.15) is 5.75 Å². The largest absolute Gasteiger partial charge is 0.490 e. The van der Waals surface area contributed by atoms with Crippen LogP contribution in [0.15, 0.2) is 29.2 Å². The first kappa shape index (κ1) is 20.1. The molecular weight excluding hydrogens is 364 g/mol. The summed E-state index contributed by atoms with van der Waals surface area (Å²) in [5.41, 5.74) is -0.448. The van der Waals surface area contributed by atoms with Gasteiger partial charge in [0, 0.05) is 31.6 Å². The quantitative estimate of drug-likeness (QED) is 0.788. The zero-order valence-electron chi connectivity index (χ0n) is 16.5. The summed E-state index contributed by atoms with van der Waals surface area (Å²) >= 11 is 0. The van der Waals surface area contributed by atoms with Crippen LogP contribution in [0.5, 0.6) is 5.75 Å². The van der Waals surface area contributed by atoms with Crippen molar-refractivity contribution < 1.29 is 17.9 Å². The van der Waals surface area contributed by atoms with E-state index in [1.54, 1.807) is 29.2 Å². The van der Waals surface area contributed by atoms with E-state index in [2.05, 4.69) is 0 Å². The van der Waals surface area contributed by atoms with Crippen LogP contribution < -0.4 is 4.74 Å². The Morgan fingerprint density at radius 1 is 1.00 bits per heavy atom. The van der Waals surface area contributed by atoms with Crippen molar-refractivity contribution >= 4 is 15.9 Å². The number of piperazine rings is 1. The predicted octanol–water partition coefficient (Wildman–Crippen LogP) is 2.89. The van der Waals surface area contributed by atoms with Crippen molar-refractivity contribution in [1.29, 1.82) is 0 Å². The van der Waals surface area contributed by atoms with Gasteiger partial charge in [-0.15, -0.1) is 0 Å². The van der Waals surface area contributed by atoms with Gasteiger partial charge in [0.25, 0.3) is 0 Å². The highest BCUT2D eigenvalue weighted by Crippen LogP contribution is 2.26. The number of benzene rings is 1. The van der Waals surface area contributed by atoms with Gasteiger partial charge in [-0.3, -0.25) is 4.79 Å². The Kier molecular flexibility index (Phi) is 5.82. The molecule has 1 aliphatic heterocycles. The summed E-state index contributed by atoms with van der Waals surface area (Å²) < 4.78 is 33.2. The fourth-order valence-corrected chi connectivity index (χ4v) is 5.07. The van der Waals surface area contributed by atoms with Crippen molar-refractivity contribution in [2.24, 2.45) is 5.41 Å². The SMILES string of the molecule is CC(C)(C)C(=O)N1CCN(S(=O)(=O)c2ccc(OC3CCCC3)cc2)CC1. The average Bonchev–Trinajstić information content (AvgIpc) is 3.14. The number of nitrogens with zero attached hydrogens (tertiary/aromatic N) is 2. The van der Waals surface area contributed by atoms with Crippen LogP contribution in [-0.2, 0) is 14.8 Å². The van der Waals surface area contributed by atoms with Crippen LogP contribution in [0.25, 0.3) is 0 Å². The van der Waals surface area contributed by atoms with Crippen LogP contribution in [0.3, 0.4) is 0 Å². The van der Waals surface area contributed by atoms with E-state index in [1.165, 1.54) is 17.1 Å².